The zero-order valence-corrected chi connectivity index (χ0v) is 9.76. The minimum Gasteiger partial charge on any atom is -0.478 e. The average molecular weight is 246 g/mol. The Kier molecular flexibility index (Phi) is 3.69. The van der Waals surface area contributed by atoms with Crippen LogP contribution in [0.25, 0.3) is 10.9 Å². The fourth-order valence-electron chi connectivity index (χ4n) is 1.64. The number of anilines is 1. The molecule has 94 valence electrons. The van der Waals surface area contributed by atoms with Crippen LogP contribution in [-0.4, -0.2) is 34.1 Å². The zero-order chi connectivity index (χ0) is 13.0. The van der Waals surface area contributed by atoms with E-state index in [0.29, 0.717) is 17.9 Å². The number of carboxylic acids is 1. The van der Waals surface area contributed by atoms with Gasteiger partial charge in [0.05, 0.1) is 11.1 Å². The SMILES string of the molecule is NCCCNc1ncnc2cc(C(=O)O)ccc12. The van der Waals surface area contributed by atoms with Crippen molar-refractivity contribution < 1.29 is 9.90 Å². The van der Waals surface area contributed by atoms with Gasteiger partial charge >= 0.3 is 5.97 Å². The van der Waals surface area contributed by atoms with Gasteiger partial charge in [0, 0.05) is 11.9 Å². The molecule has 0 unspecified atom stereocenters. The van der Waals surface area contributed by atoms with Crippen molar-refractivity contribution in [3.63, 3.8) is 0 Å². The fourth-order valence-corrected chi connectivity index (χ4v) is 1.64. The summed E-state index contributed by atoms with van der Waals surface area (Å²) in [6, 6.07) is 4.79. The van der Waals surface area contributed by atoms with Crippen LogP contribution < -0.4 is 11.1 Å². The third kappa shape index (κ3) is 2.54. The van der Waals surface area contributed by atoms with E-state index in [1.165, 1.54) is 12.4 Å². The smallest absolute Gasteiger partial charge is 0.335 e. The summed E-state index contributed by atoms with van der Waals surface area (Å²) in [6.45, 7) is 1.34. The van der Waals surface area contributed by atoms with E-state index in [1.807, 2.05) is 0 Å². The summed E-state index contributed by atoms with van der Waals surface area (Å²) >= 11 is 0. The van der Waals surface area contributed by atoms with Crippen molar-refractivity contribution in [2.45, 2.75) is 6.42 Å². The zero-order valence-electron chi connectivity index (χ0n) is 9.76. The number of aromatic nitrogens is 2. The second-order valence-electron chi connectivity index (χ2n) is 3.83. The molecule has 2 aromatic rings. The monoisotopic (exact) mass is 246 g/mol. The third-order valence-corrected chi connectivity index (χ3v) is 2.56. The fraction of sp³-hybridized carbons (Fsp3) is 0.250. The summed E-state index contributed by atoms with van der Waals surface area (Å²) in [5.41, 5.74) is 6.25. The highest BCUT2D eigenvalue weighted by Crippen LogP contribution is 2.20. The predicted molar refractivity (Wildman–Crippen MR) is 68.7 cm³/mol. The topological polar surface area (TPSA) is 101 Å². The maximum Gasteiger partial charge on any atom is 0.335 e. The summed E-state index contributed by atoms with van der Waals surface area (Å²) in [5.74, 6) is -0.265. The van der Waals surface area contributed by atoms with Gasteiger partial charge in [-0.3, -0.25) is 0 Å². The second-order valence-corrected chi connectivity index (χ2v) is 3.83. The highest BCUT2D eigenvalue weighted by atomic mass is 16.4. The van der Waals surface area contributed by atoms with Crippen LogP contribution in [0, 0.1) is 0 Å². The molecule has 0 bridgehead atoms. The Hall–Kier alpha value is -2.21. The molecule has 0 atom stereocenters. The molecule has 0 aliphatic heterocycles. The molecule has 1 aromatic heterocycles. The number of nitrogens with zero attached hydrogens (tertiary/aromatic N) is 2. The van der Waals surface area contributed by atoms with Crippen molar-refractivity contribution in [1.29, 1.82) is 0 Å². The molecule has 1 heterocycles. The molecule has 0 aliphatic rings. The Morgan fingerprint density at radius 3 is 2.94 bits per heavy atom. The molecule has 0 spiro atoms. The van der Waals surface area contributed by atoms with E-state index in [1.54, 1.807) is 12.1 Å². The molecule has 6 heteroatoms. The number of rotatable bonds is 5. The van der Waals surface area contributed by atoms with Gasteiger partial charge in [-0.25, -0.2) is 14.8 Å². The first-order chi connectivity index (χ1) is 8.72. The average Bonchev–Trinajstić information content (AvgIpc) is 2.38. The molecule has 4 N–H and O–H groups in total. The number of carboxylic acid groups (broad SMARTS) is 1. The van der Waals surface area contributed by atoms with E-state index >= 15 is 0 Å². The van der Waals surface area contributed by atoms with Crippen LogP contribution in [0.4, 0.5) is 5.82 Å². The van der Waals surface area contributed by atoms with Crippen LogP contribution in [-0.2, 0) is 0 Å². The van der Waals surface area contributed by atoms with E-state index in [0.717, 1.165) is 18.4 Å². The van der Waals surface area contributed by atoms with Gasteiger partial charge in [-0.15, -0.1) is 0 Å². The lowest BCUT2D eigenvalue weighted by molar-refractivity contribution is 0.0697. The van der Waals surface area contributed by atoms with Gasteiger partial charge in [-0.2, -0.15) is 0 Å². The highest BCUT2D eigenvalue weighted by Gasteiger charge is 2.07. The molecule has 0 radical (unpaired) electrons. The van der Waals surface area contributed by atoms with Crippen molar-refractivity contribution in [2.24, 2.45) is 5.73 Å². The summed E-state index contributed by atoms with van der Waals surface area (Å²) in [5, 5.41) is 12.9. The van der Waals surface area contributed by atoms with Gasteiger partial charge in [0.1, 0.15) is 12.1 Å². The normalized spacial score (nSPS) is 10.5. The Labute approximate surface area is 104 Å². The largest absolute Gasteiger partial charge is 0.478 e. The molecule has 1 aromatic carbocycles. The van der Waals surface area contributed by atoms with E-state index in [-0.39, 0.29) is 5.56 Å². The summed E-state index contributed by atoms with van der Waals surface area (Å²) in [6.07, 6.45) is 2.26. The van der Waals surface area contributed by atoms with E-state index in [2.05, 4.69) is 15.3 Å². The molecule has 0 saturated carbocycles. The molecule has 6 nitrogen and oxygen atoms in total. The predicted octanol–water partition coefficient (Wildman–Crippen LogP) is 1.09. The second kappa shape index (κ2) is 5.42. The van der Waals surface area contributed by atoms with Gasteiger partial charge in [0.2, 0.25) is 0 Å². The van der Waals surface area contributed by atoms with Crippen molar-refractivity contribution >= 4 is 22.7 Å². The van der Waals surface area contributed by atoms with Crippen LogP contribution in [0.2, 0.25) is 0 Å². The number of carbonyl (C=O) groups is 1. The number of nitrogens with two attached hydrogens (primary N) is 1. The van der Waals surface area contributed by atoms with Crippen molar-refractivity contribution in [3.8, 4) is 0 Å². The van der Waals surface area contributed by atoms with E-state index in [9.17, 15) is 4.79 Å². The number of hydrogen-bond acceptors (Lipinski definition) is 5. The minimum absolute atomic E-state index is 0.217. The lowest BCUT2D eigenvalue weighted by atomic mass is 10.1. The number of nitrogens with one attached hydrogen (secondary N) is 1. The first-order valence-corrected chi connectivity index (χ1v) is 5.64. The van der Waals surface area contributed by atoms with Crippen molar-refractivity contribution in [1.82, 2.24) is 9.97 Å². The van der Waals surface area contributed by atoms with Crippen molar-refractivity contribution in [2.75, 3.05) is 18.4 Å². The first-order valence-electron chi connectivity index (χ1n) is 5.64. The standard InChI is InChI=1S/C12H14N4O2/c13-4-1-5-14-11-9-3-2-8(12(17)18)6-10(9)15-7-16-11/h2-3,6-7H,1,4-5,13H2,(H,17,18)(H,14,15,16). The quantitative estimate of drug-likeness (QED) is 0.683. The van der Waals surface area contributed by atoms with Gasteiger partial charge in [-0.1, -0.05) is 0 Å². The van der Waals surface area contributed by atoms with E-state index in [4.69, 9.17) is 10.8 Å². The van der Waals surface area contributed by atoms with Crippen LogP contribution in [0.3, 0.4) is 0 Å². The van der Waals surface area contributed by atoms with Crippen LogP contribution in [0.5, 0.6) is 0 Å². The third-order valence-electron chi connectivity index (χ3n) is 2.56. The maximum atomic E-state index is 10.9. The van der Waals surface area contributed by atoms with Crippen LogP contribution in [0.1, 0.15) is 16.8 Å². The number of benzene rings is 1. The summed E-state index contributed by atoms with van der Waals surface area (Å²) in [7, 11) is 0. The van der Waals surface area contributed by atoms with Gasteiger partial charge in [0.15, 0.2) is 0 Å². The summed E-state index contributed by atoms with van der Waals surface area (Å²) in [4.78, 5) is 19.1. The van der Waals surface area contributed by atoms with Gasteiger partial charge in [-0.05, 0) is 31.2 Å². The number of aromatic carboxylic acids is 1. The maximum absolute atomic E-state index is 10.9. The molecule has 2 rings (SSSR count). The molecule has 0 fully saturated rings. The Balaban J connectivity index is 2.34. The Bertz CT molecular complexity index is 571. The number of hydrogen-bond donors (Lipinski definition) is 3. The number of fused-ring (bicyclic) bond motifs is 1. The van der Waals surface area contributed by atoms with Gasteiger partial charge in [0.25, 0.3) is 0 Å². The summed E-state index contributed by atoms with van der Waals surface area (Å²) < 4.78 is 0. The Morgan fingerprint density at radius 1 is 1.39 bits per heavy atom. The highest BCUT2D eigenvalue weighted by molar-refractivity contribution is 5.96. The molecule has 0 aliphatic carbocycles. The molecule has 0 saturated heterocycles. The van der Waals surface area contributed by atoms with Crippen molar-refractivity contribution in [3.05, 3.63) is 30.1 Å². The Morgan fingerprint density at radius 2 is 2.22 bits per heavy atom. The lowest BCUT2D eigenvalue weighted by Crippen LogP contribution is -2.09. The molecule has 18 heavy (non-hydrogen) atoms. The van der Waals surface area contributed by atoms with Crippen LogP contribution >= 0.6 is 0 Å². The minimum atomic E-state index is -0.965. The first kappa shape index (κ1) is 12.3. The molecular weight excluding hydrogens is 232 g/mol. The molecular formula is C12H14N4O2. The molecule has 0 amide bonds. The lowest BCUT2D eigenvalue weighted by Gasteiger charge is -2.07. The van der Waals surface area contributed by atoms with E-state index < -0.39 is 5.97 Å². The van der Waals surface area contributed by atoms with Crippen LogP contribution in [0.15, 0.2) is 24.5 Å². The van der Waals surface area contributed by atoms with Gasteiger partial charge < -0.3 is 16.2 Å².